The summed E-state index contributed by atoms with van der Waals surface area (Å²) in [6.45, 7) is 1.37. The van der Waals surface area contributed by atoms with Gasteiger partial charge < -0.3 is 20.3 Å². The van der Waals surface area contributed by atoms with Crippen LogP contribution in [0.4, 0.5) is 0 Å². The highest BCUT2D eigenvalue weighted by atomic mass is 127. The van der Waals surface area contributed by atoms with Gasteiger partial charge in [0.25, 0.3) is 5.91 Å². The Hall–Kier alpha value is -2.36. The van der Waals surface area contributed by atoms with E-state index >= 15 is 0 Å². The lowest BCUT2D eigenvalue weighted by Crippen LogP contribution is -2.37. The zero-order valence-electron chi connectivity index (χ0n) is 16.5. The van der Waals surface area contributed by atoms with Crippen LogP contribution in [-0.4, -0.2) is 56.0 Å². The van der Waals surface area contributed by atoms with Crippen molar-refractivity contribution in [2.45, 2.75) is 13.0 Å². The number of ether oxygens (including phenoxy) is 1. The Morgan fingerprint density at radius 1 is 1.18 bits per heavy atom. The number of likely N-dealkylation sites (N-methyl/N-ethyl adjacent to an activating group) is 1. The minimum absolute atomic E-state index is 0. The summed E-state index contributed by atoms with van der Waals surface area (Å²) in [6, 6.07) is 13.6. The second-order valence-corrected chi connectivity index (χ2v) is 6.15. The summed E-state index contributed by atoms with van der Waals surface area (Å²) in [5.74, 6) is 1.32. The summed E-state index contributed by atoms with van der Waals surface area (Å²) < 4.78 is 5.54. The van der Waals surface area contributed by atoms with Crippen LogP contribution >= 0.6 is 24.0 Å². The molecule has 0 spiro atoms. The van der Waals surface area contributed by atoms with Gasteiger partial charge in [-0.3, -0.25) is 14.8 Å². The predicted octanol–water partition coefficient (Wildman–Crippen LogP) is 2.07. The molecule has 152 valence electrons. The van der Waals surface area contributed by atoms with Gasteiger partial charge in [0.1, 0.15) is 5.75 Å². The number of aromatic nitrogens is 1. The molecule has 1 aromatic heterocycles. The Balaban J connectivity index is 0.00000392. The molecule has 0 fully saturated rings. The van der Waals surface area contributed by atoms with Gasteiger partial charge in [-0.05, 0) is 29.8 Å². The number of halogens is 1. The Morgan fingerprint density at radius 2 is 2.00 bits per heavy atom. The van der Waals surface area contributed by atoms with Crippen LogP contribution in [0.2, 0.25) is 0 Å². The lowest BCUT2D eigenvalue weighted by molar-refractivity contribution is -0.130. The van der Waals surface area contributed by atoms with Crippen molar-refractivity contribution < 1.29 is 9.53 Å². The van der Waals surface area contributed by atoms with Crippen molar-refractivity contribution in [1.82, 2.24) is 20.5 Å². The molecule has 0 unspecified atom stereocenters. The fourth-order valence-corrected chi connectivity index (χ4v) is 2.28. The third-order valence-corrected chi connectivity index (χ3v) is 3.84. The van der Waals surface area contributed by atoms with Gasteiger partial charge in [0.15, 0.2) is 12.6 Å². The molecular weight excluding hydrogens is 469 g/mol. The number of carbonyl (C=O) groups excluding carboxylic acids is 1. The highest BCUT2D eigenvalue weighted by Gasteiger charge is 2.05. The standard InChI is InChI=1S/C20H27N5O2.HI/c1-21-20(23-12-10-17-8-4-5-11-22-17)24-14-16-7-6-9-18(13-16)27-15-19(26)25(2)3;/h4-9,11,13H,10,12,14-15H2,1-3H3,(H2,21,23,24);1H. The van der Waals surface area contributed by atoms with Crippen LogP contribution in [0.5, 0.6) is 5.75 Å². The van der Waals surface area contributed by atoms with E-state index in [1.165, 1.54) is 4.90 Å². The van der Waals surface area contributed by atoms with Crippen LogP contribution in [0.15, 0.2) is 53.7 Å². The predicted molar refractivity (Wildman–Crippen MR) is 122 cm³/mol. The number of guanidine groups is 1. The molecule has 1 aromatic carbocycles. The van der Waals surface area contributed by atoms with Crippen LogP contribution in [0.25, 0.3) is 0 Å². The maximum Gasteiger partial charge on any atom is 0.259 e. The van der Waals surface area contributed by atoms with E-state index in [0.717, 1.165) is 30.2 Å². The van der Waals surface area contributed by atoms with Gasteiger partial charge >= 0.3 is 0 Å². The monoisotopic (exact) mass is 497 g/mol. The van der Waals surface area contributed by atoms with E-state index in [-0.39, 0.29) is 36.5 Å². The summed E-state index contributed by atoms with van der Waals surface area (Å²) in [5, 5.41) is 6.54. The summed E-state index contributed by atoms with van der Waals surface area (Å²) >= 11 is 0. The Bertz CT molecular complexity index is 753. The van der Waals surface area contributed by atoms with E-state index in [2.05, 4.69) is 20.6 Å². The molecule has 0 saturated carbocycles. The highest BCUT2D eigenvalue weighted by molar-refractivity contribution is 14.0. The van der Waals surface area contributed by atoms with E-state index in [0.29, 0.717) is 12.3 Å². The first-order valence-electron chi connectivity index (χ1n) is 8.85. The molecule has 28 heavy (non-hydrogen) atoms. The molecule has 0 bridgehead atoms. The Kier molecular flexibility index (Phi) is 10.9. The quantitative estimate of drug-likeness (QED) is 0.332. The van der Waals surface area contributed by atoms with Crippen LogP contribution in [0.3, 0.4) is 0 Å². The van der Waals surface area contributed by atoms with Gasteiger partial charge in [-0.1, -0.05) is 18.2 Å². The second-order valence-electron chi connectivity index (χ2n) is 6.15. The van der Waals surface area contributed by atoms with Crippen molar-refractivity contribution in [2.24, 2.45) is 4.99 Å². The topological polar surface area (TPSA) is 78.9 Å². The number of nitrogens with one attached hydrogen (secondary N) is 2. The van der Waals surface area contributed by atoms with E-state index in [1.54, 1.807) is 27.3 Å². The number of carbonyl (C=O) groups is 1. The molecule has 7 nitrogen and oxygen atoms in total. The van der Waals surface area contributed by atoms with Crippen LogP contribution in [0, 0.1) is 0 Å². The molecule has 2 N–H and O–H groups in total. The highest BCUT2D eigenvalue weighted by Crippen LogP contribution is 2.13. The van der Waals surface area contributed by atoms with Crippen molar-refractivity contribution >= 4 is 35.8 Å². The third kappa shape index (κ3) is 8.55. The molecule has 0 aliphatic rings. The number of amides is 1. The summed E-state index contributed by atoms with van der Waals surface area (Å²) in [4.78, 5) is 21.7. The van der Waals surface area contributed by atoms with Gasteiger partial charge in [-0.2, -0.15) is 0 Å². The molecular formula is C20H28IN5O2. The minimum Gasteiger partial charge on any atom is -0.484 e. The van der Waals surface area contributed by atoms with Crippen LogP contribution < -0.4 is 15.4 Å². The number of nitrogens with zero attached hydrogens (tertiary/aromatic N) is 3. The van der Waals surface area contributed by atoms with Gasteiger partial charge in [0.05, 0.1) is 0 Å². The Labute approximate surface area is 183 Å². The number of aliphatic imine (C=N–C) groups is 1. The average Bonchev–Trinajstić information content (AvgIpc) is 2.69. The molecule has 0 radical (unpaired) electrons. The Morgan fingerprint density at radius 3 is 2.68 bits per heavy atom. The molecule has 8 heteroatoms. The van der Waals surface area contributed by atoms with E-state index in [1.807, 2.05) is 42.5 Å². The summed E-state index contributed by atoms with van der Waals surface area (Å²) in [6.07, 6.45) is 2.62. The fraction of sp³-hybridized carbons (Fsp3) is 0.350. The van der Waals surface area contributed by atoms with Gasteiger partial charge in [-0.25, -0.2) is 0 Å². The molecule has 2 rings (SSSR count). The van der Waals surface area contributed by atoms with Gasteiger partial charge in [0, 0.05) is 52.5 Å². The van der Waals surface area contributed by atoms with Crippen molar-refractivity contribution in [2.75, 3.05) is 34.3 Å². The average molecular weight is 497 g/mol. The first-order chi connectivity index (χ1) is 13.1. The normalized spacial score (nSPS) is 10.6. The van der Waals surface area contributed by atoms with Crippen molar-refractivity contribution in [3.8, 4) is 5.75 Å². The molecule has 1 heterocycles. The zero-order valence-corrected chi connectivity index (χ0v) is 18.8. The third-order valence-electron chi connectivity index (χ3n) is 3.84. The maximum absolute atomic E-state index is 11.6. The number of pyridine rings is 1. The number of hydrogen-bond donors (Lipinski definition) is 2. The van der Waals surface area contributed by atoms with Crippen molar-refractivity contribution in [1.29, 1.82) is 0 Å². The number of benzene rings is 1. The summed E-state index contributed by atoms with van der Waals surface area (Å²) in [7, 11) is 5.15. The van der Waals surface area contributed by atoms with E-state index < -0.39 is 0 Å². The minimum atomic E-state index is -0.0731. The molecule has 2 aromatic rings. The van der Waals surface area contributed by atoms with Crippen molar-refractivity contribution in [3.05, 3.63) is 59.9 Å². The largest absolute Gasteiger partial charge is 0.484 e. The second kappa shape index (κ2) is 12.9. The smallest absolute Gasteiger partial charge is 0.259 e. The summed E-state index contributed by atoms with van der Waals surface area (Å²) in [5.41, 5.74) is 2.08. The molecule has 0 aliphatic heterocycles. The number of rotatable bonds is 8. The lowest BCUT2D eigenvalue weighted by atomic mass is 10.2. The molecule has 0 atom stereocenters. The maximum atomic E-state index is 11.6. The number of hydrogen-bond acceptors (Lipinski definition) is 4. The lowest BCUT2D eigenvalue weighted by Gasteiger charge is -2.13. The van der Waals surface area contributed by atoms with Crippen LogP contribution in [0.1, 0.15) is 11.3 Å². The SMILES string of the molecule is CN=C(NCCc1ccccn1)NCc1cccc(OCC(=O)N(C)C)c1.I. The van der Waals surface area contributed by atoms with Gasteiger partial charge in [0.2, 0.25) is 0 Å². The first kappa shape index (κ1) is 23.7. The van der Waals surface area contributed by atoms with Crippen LogP contribution in [-0.2, 0) is 17.8 Å². The molecule has 0 saturated heterocycles. The van der Waals surface area contributed by atoms with E-state index in [9.17, 15) is 4.79 Å². The molecule has 0 aliphatic carbocycles. The first-order valence-corrected chi connectivity index (χ1v) is 8.85. The fourth-order valence-electron chi connectivity index (χ4n) is 2.28. The van der Waals surface area contributed by atoms with E-state index in [4.69, 9.17) is 4.74 Å². The molecule has 1 amide bonds. The zero-order chi connectivity index (χ0) is 19.5. The van der Waals surface area contributed by atoms with Crippen molar-refractivity contribution in [3.63, 3.8) is 0 Å². The van der Waals surface area contributed by atoms with Gasteiger partial charge in [-0.15, -0.1) is 24.0 Å².